The Labute approximate surface area is 120 Å². The van der Waals surface area contributed by atoms with Crippen molar-refractivity contribution in [1.29, 1.82) is 0 Å². The monoisotopic (exact) mass is 267 g/mol. The topological polar surface area (TPSA) is 23.5 Å². The van der Waals surface area contributed by atoms with Crippen molar-refractivity contribution in [2.45, 2.75) is 32.4 Å². The van der Waals surface area contributed by atoms with E-state index in [2.05, 4.69) is 35.2 Å². The second-order valence-electron chi connectivity index (χ2n) is 5.61. The van der Waals surface area contributed by atoms with Crippen molar-refractivity contribution < 1.29 is 5.11 Å². The Morgan fingerprint density at radius 3 is 2.35 bits per heavy atom. The van der Waals surface area contributed by atoms with Gasteiger partial charge in [0.05, 0.1) is 0 Å². The number of aryl methyl sites for hydroxylation is 1. The molecule has 0 saturated carbocycles. The van der Waals surface area contributed by atoms with E-state index in [9.17, 15) is 5.11 Å². The van der Waals surface area contributed by atoms with Crippen LogP contribution in [0.4, 0.5) is 0 Å². The third-order valence-corrected chi connectivity index (χ3v) is 4.01. The highest BCUT2D eigenvalue weighted by atomic mass is 16.3. The van der Waals surface area contributed by atoms with E-state index in [1.165, 1.54) is 29.5 Å². The van der Waals surface area contributed by atoms with Gasteiger partial charge >= 0.3 is 0 Å². The van der Waals surface area contributed by atoms with Crippen molar-refractivity contribution in [1.82, 2.24) is 4.90 Å². The van der Waals surface area contributed by atoms with E-state index in [0.717, 1.165) is 26.1 Å². The Morgan fingerprint density at radius 1 is 0.900 bits per heavy atom. The highest BCUT2D eigenvalue weighted by Gasteiger charge is 2.16. The van der Waals surface area contributed by atoms with E-state index >= 15 is 0 Å². The summed E-state index contributed by atoms with van der Waals surface area (Å²) < 4.78 is 0. The van der Waals surface area contributed by atoms with Crippen LogP contribution in [0.5, 0.6) is 5.75 Å². The summed E-state index contributed by atoms with van der Waals surface area (Å²) in [6.45, 7) is 3.36. The second-order valence-corrected chi connectivity index (χ2v) is 5.61. The quantitative estimate of drug-likeness (QED) is 0.834. The maximum Gasteiger partial charge on any atom is 0.115 e. The summed E-state index contributed by atoms with van der Waals surface area (Å²) in [6.07, 6.45) is 3.44. The smallest absolute Gasteiger partial charge is 0.115 e. The van der Waals surface area contributed by atoms with Gasteiger partial charge in [-0.05, 0) is 54.6 Å². The molecule has 2 aromatic carbocycles. The number of phenolic OH excluding ortho intramolecular Hbond substituents is 1. The lowest BCUT2D eigenvalue weighted by atomic mass is 10.1. The Bertz CT molecular complexity index is 554. The van der Waals surface area contributed by atoms with Gasteiger partial charge in [0.1, 0.15) is 5.75 Å². The molecule has 0 amide bonds. The summed E-state index contributed by atoms with van der Waals surface area (Å²) in [7, 11) is 0. The zero-order chi connectivity index (χ0) is 13.8. The van der Waals surface area contributed by atoms with E-state index in [1.807, 2.05) is 12.1 Å². The first kappa shape index (κ1) is 13.2. The number of benzene rings is 2. The average molecular weight is 267 g/mol. The van der Waals surface area contributed by atoms with Crippen LogP contribution in [-0.2, 0) is 19.5 Å². The molecule has 1 heterocycles. The molecule has 0 radical (unpaired) electrons. The standard InChI is InChI=1S/C18H21NO/c20-18-10-5-7-15(12-18)6-3-4-11-19-13-16-8-1-2-9-17(16)14-19/h1-2,5,7-10,12,20H,3-4,6,11,13-14H2. The lowest BCUT2D eigenvalue weighted by molar-refractivity contribution is 0.278. The minimum atomic E-state index is 0.373. The van der Waals surface area contributed by atoms with Crippen LogP contribution in [-0.4, -0.2) is 16.6 Å². The summed E-state index contributed by atoms with van der Waals surface area (Å²) in [6, 6.07) is 16.3. The number of hydrogen-bond donors (Lipinski definition) is 1. The minimum absolute atomic E-state index is 0.373. The lowest BCUT2D eigenvalue weighted by Crippen LogP contribution is -2.17. The van der Waals surface area contributed by atoms with Crippen molar-refractivity contribution in [3.05, 3.63) is 65.2 Å². The average Bonchev–Trinajstić information content (AvgIpc) is 2.86. The molecule has 2 nitrogen and oxygen atoms in total. The van der Waals surface area contributed by atoms with Crippen molar-refractivity contribution in [2.24, 2.45) is 0 Å². The van der Waals surface area contributed by atoms with Crippen molar-refractivity contribution in [3.8, 4) is 5.75 Å². The molecule has 3 rings (SSSR count). The predicted molar refractivity (Wildman–Crippen MR) is 81.6 cm³/mol. The first-order chi connectivity index (χ1) is 9.81. The predicted octanol–water partition coefficient (Wildman–Crippen LogP) is 3.73. The van der Waals surface area contributed by atoms with Gasteiger partial charge in [0, 0.05) is 13.1 Å². The number of phenols is 1. The van der Waals surface area contributed by atoms with E-state index in [1.54, 1.807) is 6.07 Å². The third kappa shape index (κ3) is 3.20. The van der Waals surface area contributed by atoms with Crippen molar-refractivity contribution >= 4 is 0 Å². The lowest BCUT2D eigenvalue weighted by Gasteiger charge is -2.14. The van der Waals surface area contributed by atoms with Crippen LogP contribution in [0.15, 0.2) is 48.5 Å². The molecule has 2 aromatic rings. The third-order valence-electron chi connectivity index (χ3n) is 4.01. The normalized spacial score (nSPS) is 14.4. The maximum absolute atomic E-state index is 9.43. The summed E-state index contributed by atoms with van der Waals surface area (Å²) >= 11 is 0. The van der Waals surface area contributed by atoms with Gasteiger partial charge in [-0.3, -0.25) is 4.90 Å². The summed E-state index contributed by atoms with van der Waals surface area (Å²) in [5.74, 6) is 0.373. The van der Waals surface area contributed by atoms with E-state index in [4.69, 9.17) is 0 Å². The van der Waals surface area contributed by atoms with Gasteiger partial charge in [0.2, 0.25) is 0 Å². The molecule has 1 aliphatic heterocycles. The van der Waals surface area contributed by atoms with Crippen LogP contribution >= 0.6 is 0 Å². The largest absolute Gasteiger partial charge is 0.508 e. The molecule has 0 spiro atoms. The fraction of sp³-hybridized carbons (Fsp3) is 0.333. The van der Waals surface area contributed by atoms with Gasteiger partial charge in [0.25, 0.3) is 0 Å². The number of rotatable bonds is 5. The number of hydrogen-bond acceptors (Lipinski definition) is 2. The Kier molecular flexibility index (Phi) is 4.03. The highest BCUT2D eigenvalue weighted by molar-refractivity contribution is 5.30. The zero-order valence-electron chi connectivity index (χ0n) is 11.8. The summed E-state index contributed by atoms with van der Waals surface area (Å²) in [5, 5.41) is 9.43. The van der Waals surface area contributed by atoms with Gasteiger partial charge in [-0.1, -0.05) is 36.4 Å². The van der Waals surface area contributed by atoms with E-state index in [-0.39, 0.29) is 0 Å². The fourth-order valence-electron chi connectivity index (χ4n) is 2.94. The zero-order valence-corrected chi connectivity index (χ0v) is 11.8. The highest BCUT2D eigenvalue weighted by Crippen LogP contribution is 2.22. The Morgan fingerprint density at radius 2 is 1.65 bits per heavy atom. The molecule has 0 fully saturated rings. The molecule has 104 valence electrons. The van der Waals surface area contributed by atoms with Crippen LogP contribution in [0, 0.1) is 0 Å². The molecular formula is C18H21NO. The van der Waals surface area contributed by atoms with Crippen molar-refractivity contribution in [3.63, 3.8) is 0 Å². The van der Waals surface area contributed by atoms with Crippen LogP contribution in [0.25, 0.3) is 0 Å². The Balaban J connectivity index is 1.41. The number of fused-ring (bicyclic) bond motifs is 1. The molecule has 0 aromatic heterocycles. The van der Waals surface area contributed by atoms with E-state index in [0.29, 0.717) is 5.75 Å². The Hall–Kier alpha value is -1.80. The molecule has 1 N–H and O–H groups in total. The molecule has 20 heavy (non-hydrogen) atoms. The molecule has 0 aliphatic carbocycles. The van der Waals surface area contributed by atoms with E-state index < -0.39 is 0 Å². The van der Waals surface area contributed by atoms with Gasteiger partial charge in [-0.15, -0.1) is 0 Å². The first-order valence-corrected chi connectivity index (χ1v) is 7.38. The number of unbranched alkanes of at least 4 members (excludes halogenated alkanes) is 1. The fourth-order valence-corrected chi connectivity index (χ4v) is 2.94. The number of nitrogens with zero attached hydrogens (tertiary/aromatic N) is 1. The molecule has 0 unspecified atom stereocenters. The first-order valence-electron chi connectivity index (χ1n) is 7.38. The minimum Gasteiger partial charge on any atom is -0.508 e. The van der Waals surface area contributed by atoms with Gasteiger partial charge in [0.15, 0.2) is 0 Å². The van der Waals surface area contributed by atoms with Crippen LogP contribution in [0.2, 0.25) is 0 Å². The molecule has 0 saturated heterocycles. The molecule has 2 heteroatoms. The van der Waals surface area contributed by atoms with Crippen LogP contribution in [0.3, 0.4) is 0 Å². The molecule has 0 bridgehead atoms. The summed E-state index contributed by atoms with van der Waals surface area (Å²) in [5.41, 5.74) is 4.20. The molecule has 0 atom stereocenters. The SMILES string of the molecule is Oc1cccc(CCCCN2Cc3ccccc3C2)c1. The van der Waals surface area contributed by atoms with Crippen molar-refractivity contribution in [2.75, 3.05) is 6.54 Å². The van der Waals surface area contributed by atoms with Crippen LogP contribution < -0.4 is 0 Å². The summed E-state index contributed by atoms with van der Waals surface area (Å²) in [4.78, 5) is 2.52. The maximum atomic E-state index is 9.43. The van der Waals surface area contributed by atoms with Crippen LogP contribution in [0.1, 0.15) is 29.5 Å². The van der Waals surface area contributed by atoms with Gasteiger partial charge in [-0.25, -0.2) is 0 Å². The van der Waals surface area contributed by atoms with Gasteiger partial charge in [-0.2, -0.15) is 0 Å². The number of aromatic hydroxyl groups is 1. The van der Waals surface area contributed by atoms with Gasteiger partial charge < -0.3 is 5.11 Å². The second kappa shape index (κ2) is 6.10. The molecule has 1 aliphatic rings. The molecular weight excluding hydrogens is 246 g/mol.